The number of anilines is 1. The van der Waals surface area contributed by atoms with Crippen molar-refractivity contribution in [2.45, 2.75) is 32.6 Å². The minimum atomic E-state index is -0.943. The van der Waals surface area contributed by atoms with E-state index < -0.39 is 5.41 Å². The van der Waals surface area contributed by atoms with Crippen LogP contribution in [0.2, 0.25) is 5.02 Å². The summed E-state index contributed by atoms with van der Waals surface area (Å²) in [5.41, 5.74) is -0.464. The summed E-state index contributed by atoms with van der Waals surface area (Å²) in [6, 6.07) is 4.97. The maximum atomic E-state index is 12.5. The smallest absolute Gasteiger partial charge is 0.240 e. The maximum absolute atomic E-state index is 12.5. The van der Waals surface area contributed by atoms with Crippen molar-refractivity contribution in [1.82, 2.24) is 5.32 Å². The van der Waals surface area contributed by atoms with Crippen LogP contribution in [-0.2, 0) is 9.59 Å². The molecule has 0 atom stereocenters. The summed E-state index contributed by atoms with van der Waals surface area (Å²) in [6.07, 6.45) is 3.05. The molecule has 22 heavy (non-hydrogen) atoms. The number of carbonyl (C=O) groups is 2. The highest BCUT2D eigenvalue weighted by Crippen LogP contribution is 2.47. The molecule has 6 heteroatoms. The highest BCUT2D eigenvalue weighted by molar-refractivity contribution is 6.31. The molecule has 0 aromatic heterocycles. The van der Waals surface area contributed by atoms with Crippen LogP contribution in [0.25, 0.3) is 0 Å². The van der Waals surface area contributed by atoms with E-state index >= 15 is 0 Å². The second-order valence-electron chi connectivity index (χ2n) is 5.49. The summed E-state index contributed by atoms with van der Waals surface area (Å²) in [6.45, 7) is 2.65. The van der Waals surface area contributed by atoms with Crippen LogP contribution >= 0.6 is 11.6 Å². The Hall–Kier alpha value is -1.75. The van der Waals surface area contributed by atoms with E-state index in [0.717, 1.165) is 12.8 Å². The summed E-state index contributed by atoms with van der Waals surface area (Å²) >= 11 is 5.95. The molecule has 1 fully saturated rings. The van der Waals surface area contributed by atoms with Crippen molar-refractivity contribution in [3.05, 3.63) is 23.2 Å². The van der Waals surface area contributed by atoms with E-state index in [-0.39, 0.29) is 11.8 Å². The number of rotatable bonds is 7. The molecule has 1 aromatic rings. The number of unbranched alkanes of at least 4 members (excludes halogenated alkanes) is 1. The third kappa shape index (κ3) is 3.53. The first-order chi connectivity index (χ1) is 10.5. The molecule has 120 valence electrons. The van der Waals surface area contributed by atoms with Crippen LogP contribution in [0.3, 0.4) is 0 Å². The second-order valence-corrected chi connectivity index (χ2v) is 5.93. The van der Waals surface area contributed by atoms with Gasteiger partial charge in [-0.2, -0.15) is 0 Å². The third-order valence-corrected chi connectivity index (χ3v) is 4.08. The lowest BCUT2D eigenvalue weighted by Gasteiger charge is -2.17. The van der Waals surface area contributed by atoms with Crippen molar-refractivity contribution < 1.29 is 14.3 Å². The molecule has 1 aliphatic carbocycles. The molecule has 0 heterocycles. The Morgan fingerprint density at radius 1 is 1.32 bits per heavy atom. The fourth-order valence-corrected chi connectivity index (χ4v) is 2.42. The molecule has 0 unspecified atom stereocenters. The number of halogens is 1. The van der Waals surface area contributed by atoms with Gasteiger partial charge in [0.1, 0.15) is 11.2 Å². The van der Waals surface area contributed by atoms with Gasteiger partial charge in [-0.05, 0) is 37.5 Å². The summed E-state index contributed by atoms with van der Waals surface area (Å²) in [5.74, 6) is 0.0152. The maximum Gasteiger partial charge on any atom is 0.240 e. The van der Waals surface area contributed by atoms with Crippen molar-refractivity contribution in [3.8, 4) is 5.75 Å². The van der Waals surface area contributed by atoms with Gasteiger partial charge in [0.2, 0.25) is 11.8 Å². The highest BCUT2D eigenvalue weighted by atomic mass is 35.5. The monoisotopic (exact) mass is 324 g/mol. The van der Waals surface area contributed by atoms with Crippen molar-refractivity contribution in [1.29, 1.82) is 0 Å². The largest absolute Gasteiger partial charge is 0.495 e. The zero-order chi connectivity index (χ0) is 16.2. The number of methoxy groups -OCH3 is 1. The molecule has 1 aliphatic rings. The molecular weight excluding hydrogens is 304 g/mol. The van der Waals surface area contributed by atoms with E-state index in [1.54, 1.807) is 18.2 Å². The lowest BCUT2D eigenvalue weighted by atomic mass is 10.0. The lowest BCUT2D eigenvalue weighted by molar-refractivity contribution is -0.134. The Morgan fingerprint density at radius 3 is 2.64 bits per heavy atom. The average Bonchev–Trinajstić information content (AvgIpc) is 3.29. The molecule has 0 bridgehead atoms. The molecule has 2 amide bonds. The number of hydrogen-bond acceptors (Lipinski definition) is 3. The molecule has 2 N–H and O–H groups in total. The average molecular weight is 325 g/mol. The predicted octanol–water partition coefficient (Wildman–Crippen LogP) is 2.98. The van der Waals surface area contributed by atoms with Crippen LogP contribution < -0.4 is 15.4 Å². The first-order valence-corrected chi connectivity index (χ1v) is 7.84. The number of benzene rings is 1. The fourth-order valence-electron chi connectivity index (χ4n) is 2.25. The molecule has 0 spiro atoms. The van der Waals surface area contributed by atoms with E-state index in [0.29, 0.717) is 35.8 Å². The van der Waals surface area contributed by atoms with Crippen LogP contribution in [0.5, 0.6) is 5.75 Å². The number of carbonyl (C=O) groups excluding carboxylic acids is 2. The van der Waals surface area contributed by atoms with Crippen molar-refractivity contribution >= 4 is 29.1 Å². The molecule has 1 saturated carbocycles. The van der Waals surface area contributed by atoms with Crippen LogP contribution in [0.15, 0.2) is 18.2 Å². The first-order valence-electron chi connectivity index (χ1n) is 7.47. The van der Waals surface area contributed by atoms with Gasteiger partial charge in [0, 0.05) is 11.6 Å². The number of hydrogen-bond donors (Lipinski definition) is 2. The van der Waals surface area contributed by atoms with Crippen molar-refractivity contribution in [2.75, 3.05) is 19.0 Å². The van der Waals surface area contributed by atoms with Crippen molar-refractivity contribution in [3.63, 3.8) is 0 Å². The molecular formula is C16H21ClN2O3. The Bertz CT molecular complexity index is 571. The predicted molar refractivity (Wildman–Crippen MR) is 86.2 cm³/mol. The van der Waals surface area contributed by atoms with Crippen LogP contribution in [-0.4, -0.2) is 25.5 Å². The molecule has 0 radical (unpaired) electrons. The van der Waals surface area contributed by atoms with Crippen LogP contribution in [0.4, 0.5) is 5.69 Å². The highest BCUT2D eigenvalue weighted by Gasteiger charge is 2.56. The van der Waals surface area contributed by atoms with Gasteiger partial charge in [-0.3, -0.25) is 9.59 Å². The van der Waals surface area contributed by atoms with Gasteiger partial charge < -0.3 is 15.4 Å². The van der Waals surface area contributed by atoms with Gasteiger partial charge in [-0.15, -0.1) is 0 Å². The summed E-state index contributed by atoms with van der Waals surface area (Å²) in [4.78, 5) is 24.7. The quantitative estimate of drug-likeness (QED) is 0.598. The van der Waals surface area contributed by atoms with Gasteiger partial charge in [0.15, 0.2) is 0 Å². The third-order valence-electron chi connectivity index (χ3n) is 3.84. The fraction of sp³-hybridized carbons (Fsp3) is 0.500. The number of ether oxygens (including phenoxy) is 1. The molecule has 5 nitrogen and oxygen atoms in total. The first kappa shape index (κ1) is 16.6. The Morgan fingerprint density at radius 2 is 2.05 bits per heavy atom. The summed E-state index contributed by atoms with van der Waals surface area (Å²) in [7, 11) is 1.52. The zero-order valence-electron chi connectivity index (χ0n) is 12.9. The minimum absolute atomic E-state index is 0.195. The topological polar surface area (TPSA) is 67.4 Å². The van der Waals surface area contributed by atoms with Gasteiger partial charge in [0.05, 0.1) is 12.8 Å². The van der Waals surface area contributed by atoms with E-state index in [4.69, 9.17) is 16.3 Å². The van der Waals surface area contributed by atoms with Gasteiger partial charge in [-0.1, -0.05) is 24.9 Å². The van der Waals surface area contributed by atoms with E-state index in [2.05, 4.69) is 17.6 Å². The second kappa shape index (κ2) is 7.01. The SMILES string of the molecule is CCCCNC(=O)C1(C(=O)Nc2cc(Cl)ccc2OC)CC1. The summed E-state index contributed by atoms with van der Waals surface area (Å²) < 4.78 is 5.20. The Labute approximate surface area is 135 Å². The van der Waals surface area contributed by atoms with E-state index in [1.807, 2.05) is 0 Å². The van der Waals surface area contributed by atoms with Crippen LogP contribution in [0.1, 0.15) is 32.6 Å². The van der Waals surface area contributed by atoms with Crippen LogP contribution in [0, 0.1) is 5.41 Å². The minimum Gasteiger partial charge on any atom is -0.495 e. The van der Waals surface area contributed by atoms with Gasteiger partial charge in [-0.25, -0.2) is 0 Å². The Balaban J connectivity index is 2.06. The van der Waals surface area contributed by atoms with E-state index in [1.165, 1.54) is 7.11 Å². The van der Waals surface area contributed by atoms with Gasteiger partial charge >= 0.3 is 0 Å². The van der Waals surface area contributed by atoms with Gasteiger partial charge in [0.25, 0.3) is 0 Å². The standard InChI is InChI=1S/C16H21ClN2O3/c1-3-4-9-18-14(20)16(7-8-16)15(21)19-12-10-11(17)5-6-13(12)22-2/h5-6,10H,3-4,7-9H2,1-2H3,(H,18,20)(H,19,21). The van der Waals surface area contributed by atoms with E-state index in [9.17, 15) is 9.59 Å². The summed E-state index contributed by atoms with van der Waals surface area (Å²) in [5, 5.41) is 6.10. The molecule has 0 aliphatic heterocycles. The normalized spacial score (nSPS) is 15.0. The number of amides is 2. The Kier molecular flexibility index (Phi) is 5.29. The molecule has 1 aromatic carbocycles. The number of nitrogens with one attached hydrogen (secondary N) is 2. The lowest BCUT2D eigenvalue weighted by Crippen LogP contribution is -2.40. The molecule has 0 saturated heterocycles. The molecule has 2 rings (SSSR count). The zero-order valence-corrected chi connectivity index (χ0v) is 13.6. The van der Waals surface area contributed by atoms with Crippen molar-refractivity contribution in [2.24, 2.45) is 5.41 Å².